The van der Waals surface area contributed by atoms with Crippen LogP contribution in [0.15, 0.2) is 0 Å². The Bertz CT molecular complexity index is 690. The smallest absolute Gasteiger partial charge is 0.305 e. The molecule has 0 aliphatic heterocycles. The van der Waals surface area contributed by atoms with Crippen molar-refractivity contribution in [3.63, 3.8) is 0 Å². The Morgan fingerprint density at radius 1 is 0.321 bits per heavy atom. The lowest BCUT2D eigenvalue weighted by Gasteiger charge is -2.06. The molecule has 0 spiro atoms. The Morgan fingerprint density at radius 2 is 0.547 bits per heavy atom. The first kappa shape index (κ1) is 54.0. The van der Waals surface area contributed by atoms with Gasteiger partial charge in [0, 0.05) is 12.8 Å². The summed E-state index contributed by atoms with van der Waals surface area (Å²) in [6.45, 7) is 12.5. The topological polar surface area (TPSA) is 52.6 Å². The second kappa shape index (κ2) is 49.0. The molecule has 53 heavy (non-hydrogen) atoms. The van der Waals surface area contributed by atoms with Crippen LogP contribution in [-0.4, -0.2) is 25.2 Å². The van der Waals surface area contributed by atoms with Gasteiger partial charge in [0.2, 0.25) is 0 Å². The number of ether oxygens (including phenoxy) is 2. The second-order valence-corrected chi connectivity index (χ2v) is 16.8. The predicted octanol–water partition coefficient (Wildman–Crippen LogP) is 17.0. The van der Waals surface area contributed by atoms with Gasteiger partial charge < -0.3 is 9.47 Å². The molecule has 0 atom stereocenters. The van der Waals surface area contributed by atoms with E-state index in [0.717, 1.165) is 38.0 Å². The van der Waals surface area contributed by atoms with Crippen molar-refractivity contribution < 1.29 is 19.1 Å². The van der Waals surface area contributed by atoms with Crippen LogP contribution in [-0.2, 0) is 19.1 Å². The van der Waals surface area contributed by atoms with Crippen molar-refractivity contribution in [1.29, 1.82) is 0 Å². The van der Waals surface area contributed by atoms with E-state index in [4.69, 9.17) is 9.47 Å². The van der Waals surface area contributed by atoms with Gasteiger partial charge in [-0.25, -0.2) is 0 Å². The number of rotatable bonds is 42. The summed E-state index contributed by atoms with van der Waals surface area (Å²) in [5.41, 5.74) is 0. The van der Waals surface area contributed by atoms with Gasteiger partial charge in [-0.15, -0.1) is 0 Å². The van der Waals surface area contributed by atoms with Crippen molar-refractivity contribution >= 4 is 11.9 Å². The van der Waals surface area contributed by atoms with E-state index < -0.39 is 0 Å². The maximum absolute atomic E-state index is 11.7. The summed E-state index contributed by atoms with van der Waals surface area (Å²) >= 11 is 0. The van der Waals surface area contributed by atoms with Gasteiger partial charge in [-0.3, -0.25) is 9.59 Å². The van der Waals surface area contributed by atoms with E-state index in [0.29, 0.717) is 26.1 Å². The minimum atomic E-state index is 0.00537. The average Bonchev–Trinajstić information content (AvgIpc) is 3.15. The van der Waals surface area contributed by atoms with Crippen LogP contribution in [0.5, 0.6) is 0 Å². The van der Waals surface area contributed by atoms with Crippen LogP contribution in [0.1, 0.15) is 285 Å². The molecule has 0 fully saturated rings. The molecule has 0 saturated heterocycles. The number of carbonyl (C=O) groups is 2. The zero-order valence-electron chi connectivity index (χ0n) is 37.2. The van der Waals surface area contributed by atoms with E-state index in [1.807, 2.05) is 0 Å². The molecule has 0 aliphatic rings. The summed E-state index contributed by atoms with van der Waals surface area (Å²) < 4.78 is 10.6. The first-order valence-corrected chi connectivity index (χ1v) is 24.3. The Kier molecular flexibility index (Phi) is 49.9. The first-order valence-electron chi connectivity index (χ1n) is 24.3. The van der Waals surface area contributed by atoms with E-state index in [1.54, 1.807) is 0 Å². The molecule has 0 amide bonds. The largest absolute Gasteiger partial charge is 0.466 e. The standard InChI is InChI=1S/C26H52O2.C23H46O2/c1-4-5-6-7-8-9-10-11-12-13-14-15-16-17-20-23-26(27)28-24-21-18-19-22-25(2)3;1-3-5-7-8-9-10-11-12-13-14-15-16-17-18-19-21-23(24)25-22-20-6-4-2/h25H,4-24H2,1-3H3;3-22H2,1-2H3. The van der Waals surface area contributed by atoms with Gasteiger partial charge in [0.1, 0.15) is 0 Å². The molecule has 4 nitrogen and oxygen atoms in total. The summed E-state index contributed by atoms with van der Waals surface area (Å²) in [7, 11) is 0. The SMILES string of the molecule is CCCCCCCCCCCCCCCCCC(=O)OCCCCC.CCCCCCCCCCCCCCCCCC(=O)OCCCCCC(C)C. The van der Waals surface area contributed by atoms with Crippen molar-refractivity contribution in [3.05, 3.63) is 0 Å². The van der Waals surface area contributed by atoms with Gasteiger partial charge in [0.05, 0.1) is 13.2 Å². The third-order valence-corrected chi connectivity index (χ3v) is 10.7. The number of unbranched alkanes of at least 4 members (excludes halogenated alkanes) is 32. The normalized spacial score (nSPS) is 11.1. The number of esters is 2. The number of carbonyl (C=O) groups excluding carboxylic acids is 2. The molecule has 0 N–H and O–H groups in total. The summed E-state index contributed by atoms with van der Waals surface area (Å²) in [6.07, 6.45) is 50.1. The maximum Gasteiger partial charge on any atom is 0.305 e. The Morgan fingerprint density at radius 3 is 0.830 bits per heavy atom. The molecule has 0 aromatic carbocycles. The fraction of sp³-hybridized carbons (Fsp3) is 0.959. The average molecular weight is 751 g/mol. The molecule has 0 heterocycles. The van der Waals surface area contributed by atoms with E-state index in [-0.39, 0.29) is 11.9 Å². The minimum absolute atomic E-state index is 0.00537. The molecule has 0 aliphatic carbocycles. The van der Waals surface area contributed by atoms with Gasteiger partial charge in [0.25, 0.3) is 0 Å². The van der Waals surface area contributed by atoms with Gasteiger partial charge in [-0.05, 0) is 31.6 Å². The highest BCUT2D eigenvalue weighted by atomic mass is 16.5. The minimum Gasteiger partial charge on any atom is -0.466 e. The van der Waals surface area contributed by atoms with Crippen LogP contribution in [0.4, 0.5) is 0 Å². The highest BCUT2D eigenvalue weighted by molar-refractivity contribution is 5.69. The van der Waals surface area contributed by atoms with Crippen molar-refractivity contribution in [2.75, 3.05) is 13.2 Å². The van der Waals surface area contributed by atoms with Gasteiger partial charge in [0.15, 0.2) is 0 Å². The fourth-order valence-corrected chi connectivity index (χ4v) is 6.98. The lowest BCUT2D eigenvalue weighted by Crippen LogP contribution is -2.05. The van der Waals surface area contributed by atoms with Crippen LogP contribution in [0.3, 0.4) is 0 Å². The lowest BCUT2D eigenvalue weighted by molar-refractivity contribution is -0.144. The monoisotopic (exact) mass is 751 g/mol. The molecule has 0 unspecified atom stereocenters. The molecule has 0 saturated carbocycles. The van der Waals surface area contributed by atoms with Crippen molar-refractivity contribution in [2.45, 2.75) is 285 Å². The zero-order chi connectivity index (χ0) is 39.1. The van der Waals surface area contributed by atoms with Crippen LogP contribution in [0.25, 0.3) is 0 Å². The van der Waals surface area contributed by atoms with Crippen LogP contribution >= 0.6 is 0 Å². The van der Waals surface area contributed by atoms with Crippen molar-refractivity contribution in [3.8, 4) is 0 Å². The van der Waals surface area contributed by atoms with Crippen molar-refractivity contribution in [2.24, 2.45) is 5.92 Å². The quantitative estimate of drug-likeness (QED) is 0.0460. The van der Waals surface area contributed by atoms with Crippen LogP contribution < -0.4 is 0 Å². The Hall–Kier alpha value is -1.06. The van der Waals surface area contributed by atoms with E-state index in [2.05, 4.69) is 34.6 Å². The van der Waals surface area contributed by atoms with Gasteiger partial charge >= 0.3 is 11.9 Å². The molecule has 318 valence electrons. The Balaban J connectivity index is 0. The molecule has 4 heteroatoms. The first-order chi connectivity index (χ1) is 26.0. The summed E-state index contributed by atoms with van der Waals surface area (Å²) in [5, 5.41) is 0. The molecule has 0 rings (SSSR count). The summed E-state index contributed by atoms with van der Waals surface area (Å²) in [5.74, 6) is 0.803. The highest BCUT2D eigenvalue weighted by Crippen LogP contribution is 2.16. The van der Waals surface area contributed by atoms with E-state index in [1.165, 1.54) is 205 Å². The Labute approximate surface area is 334 Å². The van der Waals surface area contributed by atoms with Crippen molar-refractivity contribution in [1.82, 2.24) is 0 Å². The van der Waals surface area contributed by atoms with E-state index >= 15 is 0 Å². The molecule has 0 aromatic rings. The number of hydrogen-bond donors (Lipinski definition) is 0. The molecular formula is C49H98O4. The van der Waals surface area contributed by atoms with Gasteiger partial charge in [-0.2, -0.15) is 0 Å². The lowest BCUT2D eigenvalue weighted by atomic mass is 10.0. The van der Waals surface area contributed by atoms with E-state index in [9.17, 15) is 9.59 Å². The fourth-order valence-electron chi connectivity index (χ4n) is 6.98. The molecule has 0 bridgehead atoms. The summed E-state index contributed by atoms with van der Waals surface area (Å²) in [6, 6.07) is 0. The molecule has 0 aromatic heterocycles. The number of hydrogen-bond acceptors (Lipinski definition) is 4. The second-order valence-electron chi connectivity index (χ2n) is 16.8. The van der Waals surface area contributed by atoms with Gasteiger partial charge in [-0.1, -0.05) is 247 Å². The third-order valence-electron chi connectivity index (χ3n) is 10.7. The highest BCUT2D eigenvalue weighted by Gasteiger charge is 2.04. The molecular weight excluding hydrogens is 653 g/mol. The zero-order valence-corrected chi connectivity index (χ0v) is 37.2. The van der Waals surface area contributed by atoms with Crippen LogP contribution in [0.2, 0.25) is 0 Å². The summed E-state index contributed by atoms with van der Waals surface area (Å²) in [4.78, 5) is 23.2. The molecule has 0 radical (unpaired) electrons. The van der Waals surface area contributed by atoms with Crippen LogP contribution in [0, 0.1) is 5.92 Å². The third kappa shape index (κ3) is 53.1. The maximum atomic E-state index is 11.7. The predicted molar refractivity (Wildman–Crippen MR) is 234 cm³/mol.